The Kier molecular flexibility index (Phi) is 5.82. The Morgan fingerprint density at radius 2 is 1.53 bits per heavy atom. The van der Waals surface area contributed by atoms with Gasteiger partial charge in [0.2, 0.25) is 11.8 Å². The maximum Gasteiger partial charge on any atom is 0.226 e. The molecule has 1 aliphatic heterocycles. The maximum absolute atomic E-state index is 14.7. The lowest BCUT2D eigenvalue weighted by molar-refractivity contribution is -0.155. The molecule has 180 valence electrons. The van der Waals surface area contributed by atoms with Gasteiger partial charge < -0.3 is 9.80 Å². The monoisotopic (exact) mass is 468 g/mol. The van der Waals surface area contributed by atoms with Gasteiger partial charge in [0.1, 0.15) is 6.17 Å². The summed E-state index contributed by atoms with van der Waals surface area (Å²) in [6.45, 7) is 4.24. The quantitative estimate of drug-likeness (QED) is 0.636. The molecule has 5 fully saturated rings. The molecule has 5 rings (SSSR count). The zero-order valence-corrected chi connectivity index (χ0v) is 20.1. The number of piperazine rings is 1. The highest BCUT2D eigenvalue weighted by Gasteiger charge is 2.52. The molecule has 2 amide bonds. The van der Waals surface area contributed by atoms with E-state index in [9.17, 15) is 22.4 Å². The van der Waals surface area contributed by atoms with Crippen molar-refractivity contribution in [1.82, 2.24) is 9.80 Å². The number of hydrogen-bond acceptors (Lipinski definition) is 4. The lowest BCUT2D eigenvalue weighted by atomic mass is 9.69. The summed E-state index contributed by atoms with van der Waals surface area (Å²) in [7, 11) is -3.38. The summed E-state index contributed by atoms with van der Waals surface area (Å²) in [6, 6.07) is 0.0605. The van der Waals surface area contributed by atoms with Crippen molar-refractivity contribution < 1.29 is 22.4 Å². The number of alkyl halides is 1. The summed E-state index contributed by atoms with van der Waals surface area (Å²) in [5.74, 6) is 0.916. The first-order valence-electron chi connectivity index (χ1n) is 12.6. The first-order valence-corrected chi connectivity index (χ1v) is 14.3. The van der Waals surface area contributed by atoms with Crippen LogP contribution in [0.25, 0.3) is 0 Å². The Bertz CT molecular complexity index is 871. The van der Waals surface area contributed by atoms with Crippen molar-refractivity contribution in [1.29, 1.82) is 0 Å². The number of halogens is 1. The van der Waals surface area contributed by atoms with E-state index in [1.807, 2.05) is 11.8 Å². The lowest BCUT2D eigenvalue weighted by Gasteiger charge is -2.55. The highest BCUT2D eigenvalue weighted by atomic mass is 32.2. The van der Waals surface area contributed by atoms with E-state index >= 15 is 0 Å². The molecule has 0 N–H and O–H groups in total. The average Bonchev–Trinajstić information content (AvgIpc) is 3.64. The van der Waals surface area contributed by atoms with Gasteiger partial charge in [-0.1, -0.05) is 0 Å². The van der Waals surface area contributed by atoms with Crippen LogP contribution in [0.2, 0.25) is 0 Å². The van der Waals surface area contributed by atoms with E-state index in [1.165, 1.54) is 0 Å². The summed E-state index contributed by atoms with van der Waals surface area (Å²) in [5.41, 5.74) is 0. The van der Waals surface area contributed by atoms with Gasteiger partial charge in [0, 0.05) is 25.4 Å². The number of sulfone groups is 1. The van der Waals surface area contributed by atoms with Crippen LogP contribution in [0.15, 0.2) is 0 Å². The second-order valence-electron chi connectivity index (χ2n) is 11.2. The van der Waals surface area contributed by atoms with Crippen molar-refractivity contribution in [3.05, 3.63) is 0 Å². The Labute approximate surface area is 191 Å². The van der Waals surface area contributed by atoms with E-state index in [0.29, 0.717) is 32.2 Å². The maximum atomic E-state index is 14.7. The zero-order valence-electron chi connectivity index (χ0n) is 19.3. The lowest BCUT2D eigenvalue weighted by Crippen LogP contribution is -2.67. The minimum Gasteiger partial charge on any atom is -0.335 e. The number of rotatable bonds is 4. The predicted octanol–water partition coefficient (Wildman–Crippen LogP) is 3.10. The van der Waals surface area contributed by atoms with Gasteiger partial charge in [-0.05, 0) is 83.0 Å². The zero-order chi connectivity index (χ0) is 22.8. The number of carbonyl (C=O) groups excluding carboxylic acids is 2. The van der Waals surface area contributed by atoms with Crippen LogP contribution in [-0.2, 0) is 19.4 Å². The normalized spacial score (nSPS) is 40.7. The van der Waals surface area contributed by atoms with Crippen molar-refractivity contribution >= 4 is 21.7 Å². The smallest absolute Gasteiger partial charge is 0.226 e. The van der Waals surface area contributed by atoms with Crippen molar-refractivity contribution in [2.24, 2.45) is 17.8 Å². The third-order valence-corrected chi connectivity index (χ3v) is 11.7. The van der Waals surface area contributed by atoms with E-state index in [-0.39, 0.29) is 52.9 Å². The molecule has 1 saturated heterocycles. The van der Waals surface area contributed by atoms with Crippen molar-refractivity contribution in [2.75, 3.05) is 6.54 Å². The van der Waals surface area contributed by atoms with Gasteiger partial charge in [0.25, 0.3) is 0 Å². The van der Waals surface area contributed by atoms with E-state index in [1.54, 1.807) is 6.92 Å². The molecule has 0 aromatic carbocycles. The van der Waals surface area contributed by atoms with E-state index in [0.717, 1.165) is 38.5 Å². The van der Waals surface area contributed by atoms with Crippen molar-refractivity contribution in [3.63, 3.8) is 0 Å². The Hall–Kier alpha value is -1.18. The van der Waals surface area contributed by atoms with Crippen LogP contribution >= 0.6 is 0 Å². The van der Waals surface area contributed by atoms with Crippen LogP contribution < -0.4 is 0 Å². The fraction of sp³-hybridized carbons (Fsp3) is 0.917. The molecule has 32 heavy (non-hydrogen) atoms. The summed E-state index contributed by atoms with van der Waals surface area (Å²) >= 11 is 0. The molecule has 1 heterocycles. The topological polar surface area (TPSA) is 74.8 Å². The number of fused-ring (bicyclic) bond motifs is 1. The highest BCUT2D eigenvalue weighted by molar-refractivity contribution is 7.93. The highest BCUT2D eigenvalue weighted by Crippen LogP contribution is 2.47. The van der Waals surface area contributed by atoms with Crippen LogP contribution in [0.4, 0.5) is 4.39 Å². The number of carbonyl (C=O) groups is 2. The molecule has 6 unspecified atom stereocenters. The minimum absolute atomic E-state index is 0.00328. The van der Waals surface area contributed by atoms with Crippen molar-refractivity contribution in [2.45, 2.75) is 113 Å². The van der Waals surface area contributed by atoms with E-state index in [4.69, 9.17) is 0 Å². The molecule has 4 saturated carbocycles. The molecule has 0 radical (unpaired) electrons. The summed E-state index contributed by atoms with van der Waals surface area (Å²) in [4.78, 5) is 29.6. The first kappa shape index (κ1) is 22.6. The van der Waals surface area contributed by atoms with Crippen molar-refractivity contribution in [3.8, 4) is 0 Å². The van der Waals surface area contributed by atoms with E-state index < -0.39 is 21.3 Å². The molecule has 0 spiro atoms. The third kappa shape index (κ3) is 3.98. The van der Waals surface area contributed by atoms with Gasteiger partial charge >= 0.3 is 0 Å². The molecule has 0 aromatic rings. The standard InChI is InChI=1S/C24H37FN2O4S/c1-14-13-26(24(29)16-3-4-16)22-11-17(6-10-21(22)27(14)15(2)28)18-5-9-20(25)23(12-18)32(30,31)19-7-8-19/h14,16-23H,3-13H2,1-2H3/t14-,17?,18?,20?,21?,22?,23?/m0/s1. The van der Waals surface area contributed by atoms with Gasteiger partial charge in [-0.25, -0.2) is 12.8 Å². The Morgan fingerprint density at radius 3 is 2.16 bits per heavy atom. The SMILES string of the molecule is CC(=O)N1C2CCC(C3CCC(F)C(S(=O)(=O)C4CC4)C3)CC2N(C(=O)C2CC2)C[C@@H]1C. The Morgan fingerprint density at radius 1 is 0.875 bits per heavy atom. The molecule has 7 atom stereocenters. The van der Waals surface area contributed by atoms with Crippen LogP contribution in [0.3, 0.4) is 0 Å². The molecule has 8 heteroatoms. The fourth-order valence-electron chi connectivity index (χ4n) is 6.98. The largest absolute Gasteiger partial charge is 0.335 e. The van der Waals surface area contributed by atoms with E-state index in [2.05, 4.69) is 4.90 Å². The molecule has 0 aromatic heterocycles. The third-order valence-electron chi connectivity index (χ3n) is 8.92. The summed E-state index contributed by atoms with van der Waals surface area (Å²) in [6.07, 6.45) is 6.07. The molecular weight excluding hydrogens is 431 g/mol. The molecule has 6 nitrogen and oxygen atoms in total. The predicted molar refractivity (Wildman–Crippen MR) is 119 cm³/mol. The Balaban J connectivity index is 1.35. The molecular formula is C24H37FN2O4S. The van der Waals surface area contributed by atoms with Gasteiger partial charge in [0.15, 0.2) is 9.84 Å². The van der Waals surface area contributed by atoms with Gasteiger partial charge in [-0.15, -0.1) is 0 Å². The average molecular weight is 469 g/mol. The van der Waals surface area contributed by atoms with Crippen LogP contribution in [-0.4, -0.2) is 71.4 Å². The second kappa shape index (κ2) is 8.24. The summed E-state index contributed by atoms with van der Waals surface area (Å²) < 4.78 is 40.4. The van der Waals surface area contributed by atoms with Gasteiger partial charge in [-0.3, -0.25) is 9.59 Å². The summed E-state index contributed by atoms with van der Waals surface area (Å²) in [5, 5.41) is -1.17. The minimum atomic E-state index is -3.38. The number of amides is 2. The molecule has 0 bridgehead atoms. The van der Waals surface area contributed by atoms with Gasteiger partial charge in [0.05, 0.1) is 22.6 Å². The molecule has 5 aliphatic rings. The van der Waals surface area contributed by atoms with Crippen LogP contribution in [0.5, 0.6) is 0 Å². The van der Waals surface area contributed by atoms with Gasteiger partial charge in [-0.2, -0.15) is 0 Å². The number of nitrogens with zero attached hydrogens (tertiary/aromatic N) is 2. The number of hydrogen-bond donors (Lipinski definition) is 0. The molecule has 4 aliphatic carbocycles. The second-order valence-corrected chi connectivity index (χ2v) is 13.6. The first-order chi connectivity index (χ1) is 15.2. The van der Waals surface area contributed by atoms with Crippen LogP contribution in [0.1, 0.15) is 78.1 Å². The van der Waals surface area contributed by atoms with Crippen LogP contribution in [0, 0.1) is 17.8 Å². The fourth-order valence-corrected chi connectivity index (χ4v) is 9.33.